The summed E-state index contributed by atoms with van der Waals surface area (Å²) in [6.07, 6.45) is 2.87. The van der Waals surface area contributed by atoms with E-state index in [1.807, 2.05) is 0 Å². The summed E-state index contributed by atoms with van der Waals surface area (Å²) in [7, 11) is 0. The molecule has 0 unspecified atom stereocenters. The van der Waals surface area contributed by atoms with Crippen LogP contribution in [0.25, 0.3) is 5.65 Å². The third-order valence-corrected chi connectivity index (χ3v) is 3.86. The number of carbonyl (C=O) groups excluding carboxylic acids is 2. The maximum atomic E-state index is 12.2. The third kappa shape index (κ3) is 1.77. The molecule has 0 atom stereocenters. The van der Waals surface area contributed by atoms with Crippen LogP contribution in [0.4, 0.5) is 0 Å². The molecule has 2 aromatic heterocycles. The number of aryl methyl sites for hydroxylation is 1. The van der Waals surface area contributed by atoms with Gasteiger partial charge in [0.1, 0.15) is 0 Å². The second-order valence-electron chi connectivity index (χ2n) is 6.31. The summed E-state index contributed by atoms with van der Waals surface area (Å²) >= 11 is 0. The third-order valence-electron chi connectivity index (χ3n) is 3.86. The van der Waals surface area contributed by atoms with Gasteiger partial charge in [0.05, 0.1) is 22.5 Å². The second kappa shape index (κ2) is 3.98. The molecule has 0 saturated carbocycles. The van der Waals surface area contributed by atoms with Crippen molar-refractivity contribution in [3.05, 3.63) is 28.7 Å². The van der Waals surface area contributed by atoms with E-state index in [4.69, 9.17) is 0 Å². The lowest BCUT2D eigenvalue weighted by molar-refractivity contribution is 0.0908. The Morgan fingerprint density at radius 3 is 2.70 bits per heavy atom. The van der Waals surface area contributed by atoms with Crippen LogP contribution in [0.3, 0.4) is 0 Å². The van der Waals surface area contributed by atoms with E-state index >= 15 is 0 Å². The fourth-order valence-corrected chi connectivity index (χ4v) is 3.00. The second-order valence-corrected chi connectivity index (χ2v) is 6.31. The van der Waals surface area contributed by atoms with Gasteiger partial charge in [0.2, 0.25) is 0 Å². The lowest BCUT2D eigenvalue weighted by atomic mass is 9.76. The molecule has 0 radical (unpaired) electrons. The number of nitrogens with zero attached hydrogens (tertiary/aromatic N) is 3. The van der Waals surface area contributed by atoms with Crippen molar-refractivity contribution in [3.63, 3.8) is 0 Å². The van der Waals surface area contributed by atoms with Gasteiger partial charge in [0, 0.05) is 12.6 Å². The molecule has 1 aliphatic carbocycles. The first-order chi connectivity index (χ1) is 9.30. The molecule has 20 heavy (non-hydrogen) atoms. The zero-order chi connectivity index (χ0) is 14.7. The summed E-state index contributed by atoms with van der Waals surface area (Å²) in [5.41, 5.74) is 3.17. The predicted octanol–water partition coefficient (Wildman–Crippen LogP) is 2.40. The Hall–Kier alpha value is -2.04. The summed E-state index contributed by atoms with van der Waals surface area (Å²) < 4.78 is 1.68. The van der Waals surface area contributed by atoms with Gasteiger partial charge in [0.15, 0.2) is 17.2 Å². The minimum absolute atomic E-state index is 0.0497. The number of hydrogen-bond donors (Lipinski definition) is 0. The fraction of sp³-hybridized carbons (Fsp3) is 0.467. The molecule has 0 bridgehead atoms. The Balaban J connectivity index is 2.35. The van der Waals surface area contributed by atoms with Crippen LogP contribution in [0.1, 0.15) is 59.3 Å². The molecule has 104 valence electrons. The summed E-state index contributed by atoms with van der Waals surface area (Å²) in [6.45, 7) is 7.46. The van der Waals surface area contributed by atoms with E-state index in [2.05, 4.69) is 23.9 Å². The highest BCUT2D eigenvalue weighted by molar-refractivity contribution is 6.02. The van der Waals surface area contributed by atoms with Crippen molar-refractivity contribution in [2.45, 2.75) is 40.5 Å². The van der Waals surface area contributed by atoms with Crippen molar-refractivity contribution in [1.82, 2.24) is 14.6 Å². The Kier molecular flexibility index (Phi) is 2.58. The van der Waals surface area contributed by atoms with E-state index in [1.54, 1.807) is 17.6 Å². The minimum Gasteiger partial charge on any atom is -0.294 e. The maximum absolute atomic E-state index is 12.2. The number of Topliss-reactive ketones (excluding diaryl/α,β-unsaturated/α-hetero) is 2. The van der Waals surface area contributed by atoms with E-state index < -0.39 is 0 Å². The van der Waals surface area contributed by atoms with Gasteiger partial charge in [0.25, 0.3) is 0 Å². The van der Waals surface area contributed by atoms with E-state index in [9.17, 15) is 9.59 Å². The van der Waals surface area contributed by atoms with Crippen molar-refractivity contribution in [3.8, 4) is 0 Å². The first-order valence-electron chi connectivity index (χ1n) is 6.71. The number of fused-ring (bicyclic) bond motifs is 3. The highest BCUT2D eigenvalue weighted by Crippen LogP contribution is 2.34. The molecule has 0 saturated heterocycles. The Labute approximate surface area is 117 Å². The zero-order valence-corrected chi connectivity index (χ0v) is 12.1. The average Bonchev–Trinajstić information content (AvgIpc) is 2.64. The van der Waals surface area contributed by atoms with Gasteiger partial charge < -0.3 is 0 Å². The smallest absolute Gasteiger partial charge is 0.166 e. The molecule has 0 aromatic carbocycles. The van der Waals surface area contributed by atoms with Crippen LogP contribution >= 0.6 is 0 Å². The molecular weight excluding hydrogens is 254 g/mol. The predicted molar refractivity (Wildman–Crippen MR) is 74.2 cm³/mol. The van der Waals surface area contributed by atoms with Crippen LogP contribution in [0, 0.1) is 12.3 Å². The van der Waals surface area contributed by atoms with Gasteiger partial charge in [-0.25, -0.2) is 9.50 Å². The standard InChI is InChI=1S/C15H17N3O2/c1-8-13(9(2)19)14-16-7-10-11(18(14)17-8)5-15(3,4)6-12(10)20/h7H,5-6H2,1-4H3. The molecule has 0 spiro atoms. The van der Waals surface area contributed by atoms with Crippen LogP contribution in [0.15, 0.2) is 6.20 Å². The van der Waals surface area contributed by atoms with Crippen LogP contribution < -0.4 is 0 Å². The summed E-state index contributed by atoms with van der Waals surface area (Å²) in [6, 6.07) is 0. The van der Waals surface area contributed by atoms with E-state index in [0.29, 0.717) is 28.9 Å². The van der Waals surface area contributed by atoms with Gasteiger partial charge in [-0.2, -0.15) is 5.10 Å². The number of hydrogen-bond acceptors (Lipinski definition) is 4. The van der Waals surface area contributed by atoms with Gasteiger partial charge >= 0.3 is 0 Å². The number of carbonyl (C=O) groups is 2. The number of aromatic nitrogens is 3. The van der Waals surface area contributed by atoms with Crippen LogP contribution in [0.2, 0.25) is 0 Å². The molecule has 0 amide bonds. The molecule has 5 heteroatoms. The summed E-state index contributed by atoms with van der Waals surface area (Å²) in [5.74, 6) is 0.0505. The Bertz CT molecular complexity index is 756. The first kappa shape index (κ1) is 13.0. The van der Waals surface area contributed by atoms with Gasteiger partial charge in [-0.3, -0.25) is 9.59 Å². The first-order valence-corrected chi connectivity index (χ1v) is 6.71. The Morgan fingerprint density at radius 1 is 1.35 bits per heavy atom. The van der Waals surface area contributed by atoms with E-state index in [0.717, 1.165) is 12.1 Å². The molecule has 0 N–H and O–H groups in total. The molecule has 2 aromatic rings. The molecule has 0 aliphatic heterocycles. The van der Waals surface area contributed by atoms with E-state index in [1.165, 1.54) is 6.92 Å². The molecule has 2 heterocycles. The quantitative estimate of drug-likeness (QED) is 0.747. The normalized spacial score (nSPS) is 17.3. The largest absolute Gasteiger partial charge is 0.294 e. The molecule has 5 nitrogen and oxygen atoms in total. The van der Waals surface area contributed by atoms with E-state index in [-0.39, 0.29) is 17.0 Å². The molecule has 1 aliphatic rings. The van der Waals surface area contributed by atoms with Crippen molar-refractivity contribution < 1.29 is 9.59 Å². The van der Waals surface area contributed by atoms with Gasteiger partial charge in [-0.1, -0.05) is 13.8 Å². The van der Waals surface area contributed by atoms with Crippen LogP contribution in [-0.2, 0) is 6.42 Å². The SMILES string of the molecule is CC(=O)c1c(C)nn2c3c(cnc12)C(=O)CC(C)(C)C3. The monoisotopic (exact) mass is 271 g/mol. The minimum atomic E-state index is -0.0887. The Morgan fingerprint density at radius 2 is 2.05 bits per heavy atom. The van der Waals surface area contributed by atoms with Crippen molar-refractivity contribution in [2.75, 3.05) is 0 Å². The number of ketones is 2. The zero-order valence-electron chi connectivity index (χ0n) is 12.1. The van der Waals surface area contributed by atoms with Crippen molar-refractivity contribution in [2.24, 2.45) is 5.41 Å². The molecule has 0 fully saturated rings. The van der Waals surface area contributed by atoms with Gasteiger partial charge in [-0.15, -0.1) is 0 Å². The molecule has 3 rings (SSSR count). The highest BCUT2D eigenvalue weighted by Gasteiger charge is 2.33. The summed E-state index contributed by atoms with van der Waals surface area (Å²) in [5, 5.41) is 4.43. The highest BCUT2D eigenvalue weighted by atomic mass is 16.1. The summed E-state index contributed by atoms with van der Waals surface area (Å²) in [4.78, 5) is 28.3. The topological polar surface area (TPSA) is 64.3 Å². The lowest BCUT2D eigenvalue weighted by Gasteiger charge is -2.29. The van der Waals surface area contributed by atoms with Crippen molar-refractivity contribution >= 4 is 17.2 Å². The van der Waals surface area contributed by atoms with Crippen LogP contribution in [-0.4, -0.2) is 26.2 Å². The number of rotatable bonds is 1. The van der Waals surface area contributed by atoms with Crippen molar-refractivity contribution in [1.29, 1.82) is 0 Å². The fourth-order valence-electron chi connectivity index (χ4n) is 3.00. The van der Waals surface area contributed by atoms with Crippen LogP contribution in [0.5, 0.6) is 0 Å². The maximum Gasteiger partial charge on any atom is 0.166 e. The van der Waals surface area contributed by atoms with Gasteiger partial charge in [-0.05, 0) is 25.7 Å². The molecular formula is C15H17N3O2. The lowest BCUT2D eigenvalue weighted by Crippen LogP contribution is -2.29. The average molecular weight is 271 g/mol.